The average Bonchev–Trinajstić information content (AvgIpc) is 3.12. The van der Waals surface area contributed by atoms with Crippen molar-refractivity contribution < 1.29 is 19.1 Å². The van der Waals surface area contributed by atoms with Crippen LogP contribution in [0, 0.1) is 5.82 Å². The molecule has 2 heterocycles. The minimum Gasteiger partial charge on any atom is -0.480 e. The number of amides is 1. The van der Waals surface area contributed by atoms with Gasteiger partial charge in [0, 0.05) is 36.8 Å². The van der Waals surface area contributed by atoms with Crippen molar-refractivity contribution in [2.24, 2.45) is 7.05 Å². The molecule has 7 heteroatoms. The summed E-state index contributed by atoms with van der Waals surface area (Å²) in [6.45, 7) is 0. The molecular weight excluding hydrogens is 313 g/mol. The Morgan fingerprint density at radius 2 is 2.17 bits per heavy atom. The molecule has 124 valence electrons. The molecule has 0 bridgehead atoms. The van der Waals surface area contributed by atoms with E-state index in [4.69, 9.17) is 0 Å². The van der Waals surface area contributed by atoms with E-state index in [0.717, 1.165) is 5.39 Å². The van der Waals surface area contributed by atoms with Gasteiger partial charge in [-0.05, 0) is 35.9 Å². The Hall–Kier alpha value is -3.09. The molecule has 1 aromatic carbocycles. The van der Waals surface area contributed by atoms with Gasteiger partial charge in [0.1, 0.15) is 17.6 Å². The zero-order valence-corrected chi connectivity index (χ0v) is 12.9. The highest BCUT2D eigenvalue weighted by Gasteiger charge is 2.23. The van der Waals surface area contributed by atoms with E-state index in [0.29, 0.717) is 16.8 Å². The van der Waals surface area contributed by atoms with Crippen LogP contribution in [-0.4, -0.2) is 32.6 Å². The number of aryl methyl sites for hydroxylation is 1. The van der Waals surface area contributed by atoms with Crippen LogP contribution in [0.3, 0.4) is 0 Å². The van der Waals surface area contributed by atoms with Crippen molar-refractivity contribution in [2.75, 3.05) is 0 Å². The predicted octanol–water partition coefficient (Wildman–Crippen LogP) is 2.07. The molecule has 1 atom stereocenters. The number of carboxylic acid groups (broad SMARTS) is 1. The number of aromatic nitrogens is 2. The molecule has 0 aliphatic carbocycles. The van der Waals surface area contributed by atoms with Crippen LogP contribution in [0.25, 0.3) is 10.9 Å². The van der Waals surface area contributed by atoms with Gasteiger partial charge < -0.3 is 20.0 Å². The smallest absolute Gasteiger partial charge is 0.326 e. The second kappa shape index (κ2) is 6.19. The quantitative estimate of drug-likeness (QED) is 0.670. The molecule has 0 aliphatic rings. The first kappa shape index (κ1) is 15.8. The largest absolute Gasteiger partial charge is 0.480 e. The predicted molar refractivity (Wildman–Crippen MR) is 86.3 cm³/mol. The summed E-state index contributed by atoms with van der Waals surface area (Å²) in [5, 5.41) is 12.7. The third-order valence-corrected chi connectivity index (χ3v) is 3.93. The van der Waals surface area contributed by atoms with E-state index < -0.39 is 17.9 Å². The van der Waals surface area contributed by atoms with Gasteiger partial charge in [-0.1, -0.05) is 0 Å². The Labute approximate surface area is 136 Å². The Balaban J connectivity index is 1.82. The second-order valence-electron chi connectivity index (χ2n) is 5.58. The van der Waals surface area contributed by atoms with Crippen LogP contribution < -0.4 is 5.32 Å². The first-order chi connectivity index (χ1) is 11.5. The summed E-state index contributed by atoms with van der Waals surface area (Å²) in [7, 11) is 1.71. The topological polar surface area (TPSA) is 87.1 Å². The molecule has 0 fully saturated rings. The van der Waals surface area contributed by atoms with E-state index in [1.165, 1.54) is 12.1 Å². The highest BCUT2D eigenvalue weighted by molar-refractivity contribution is 5.95. The van der Waals surface area contributed by atoms with E-state index in [2.05, 4.69) is 10.3 Å². The summed E-state index contributed by atoms with van der Waals surface area (Å²) in [4.78, 5) is 26.7. The number of rotatable bonds is 5. The summed E-state index contributed by atoms with van der Waals surface area (Å²) < 4.78 is 14.8. The number of H-pyrrole nitrogens is 1. The molecule has 0 saturated carbocycles. The molecule has 1 unspecified atom stereocenters. The summed E-state index contributed by atoms with van der Waals surface area (Å²) >= 11 is 0. The number of benzene rings is 1. The lowest BCUT2D eigenvalue weighted by molar-refractivity contribution is -0.139. The maximum atomic E-state index is 13.2. The molecule has 0 spiro atoms. The van der Waals surface area contributed by atoms with E-state index in [1.54, 1.807) is 42.2 Å². The van der Waals surface area contributed by atoms with Gasteiger partial charge in [0.15, 0.2) is 0 Å². The van der Waals surface area contributed by atoms with Crippen LogP contribution in [0.1, 0.15) is 16.1 Å². The number of aromatic amines is 1. The van der Waals surface area contributed by atoms with Crippen molar-refractivity contribution in [3.05, 3.63) is 59.8 Å². The molecule has 2 aromatic heterocycles. The lowest BCUT2D eigenvalue weighted by Crippen LogP contribution is -2.42. The monoisotopic (exact) mass is 329 g/mol. The van der Waals surface area contributed by atoms with Crippen LogP contribution in [0.2, 0.25) is 0 Å². The zero-order chi connectivity index (χ0) is 17.3. The van der Waals surface area contributed by atoms with Crippen LogP contribution in [0.15, 0.2) is 42.7 Å². The third-order valence-electron chi connectivity index (χ3n) is 3.93. The molecule has 3 aromatic rings. The van der Waals surface area contributed by atoms with Gasteiger partial charge in [-0.25, -0.2) is 9.18 Å². The number of hydrogen-bond donors (Lipinski definition) is 3. The normalized spacial score (nSPS) is 12.2. The number of fused-ring (bicyclic) bond motifs is 1. The number of nitrogens with zero attached hydrogens (tertiary/aromatic N) is 1. The van der Waals surface area contributed by atoms with Crippen LogP contribution in [0.5, 0.6) is 0 Å². The standard InChI is InChI=1S/C17H16FN3O3/c1-21-6-2-3-15(21)16(22)20-14(17(23)24)7-10-9-19-13-8-11(18)4-5-12(10)13/h2-6,8-9,14,19H,7H2,1H3,(H,20,22)(H,23,24). The average molecular weight is 329 g/mol. The Morgan fingerprint density at radius 3 is 2.83 bits per heavy atom. The summed E-state index contributed by atoms with van der Waals surface area (Å²) in [6, 6.07) is 6.49. The number of aliphatic carboxylic acids is 1. The molecule has 0 radical (unpaired) electrons. The van der Waals surface area contributed by atoms with E-state index in [1.807, 2.05) is 0 Å². The Kier molecular flexibility index (Phi) is 4.07. The lowest BCUT2D eigenvalue weighted by Gasteiger charge is -2.14. The molecule has 0 aliphatic heterocycles. The van der Waals surface area contributed by atoms with Gasteiger partial charge in [0.2, 0.25) is 0 Å². The molecule has 6 nitrogen and oxygen atoms in total. The van der Waals surface area contributed by atoms with Crippen molar-refractivity contribution in [1.29, 1.82) is 0 Å². The van der Waals surface area contributed by atoms with Gasteiger partial charge in [0.05, 0.1) is 0 Å². The van der Waals surface area contributed by atoms with Crippen molar-refractivity contribution in [2.45, 2.75) is 12.5 Å². The van der Waals surface area contributed by atoms with Crippen LogP contribution in [-0.2, 0) is 18.3 Å². The first-order valence-corrected chi connectivity index (χ1v) is 7.36. The Bertz CT molecular complexity index is 913. The zero-order valence-electron chi connectivity index (χ0n) is 12.9. The van der Waals surface area contributed by atoms with Gasteiger partial charge >= 0.3 is 5.97 Å². The summed E-state index contributed by atoms with van der Waals surface area (Å²) in [6.07, 6.45) is 3.44. The molecule has 3 N–H and O–H groups in total. The summed E-state index contributed by atoms with van der Waals surface area (Å²) in [5.41, 5.74) is 1.66. The van der Waals surface area contributed by atoms with Gasteiger partial charge in [0.25, 0.3) is 5.91 Å². The number of hydrogen-bond acceptors (Lipinski definition) is 2. The highest BCUT2D eigenvalue weighted by Crippen LogP contribution is 2.20. The van der Waals surface area contributed by atoms with Crippen molar-refractivity contribution in [1.82, 2.24) is 14.9 Å². The van der Waals surface area contributed by atoms with E-state index in [9.17, 15) is 19.1 Å². The maximum Gasteiger partial charge on any atom is 0.326 e. The van der Waals surface area contributed by atoms with Gasteiger partial charge in [-0.3, -0.25) is 4.79 Å². The number of carbonyl (C=O) groups excluding carboxylic acids is 1. The molecule has 24 heavy (non-hydrogen) atoms. The molecule has 1 amide bonds. The lowest BCUT2D eigenvalue weighted by atomic mass is 10.0. The number of carbonyl (C=O) groups is 2. The fraction of sp³-hybridized carbons (Fsp3) is 0.176. The second-order valence-corrected chi connectivity index (χ2v) is 5.58. The minimum atomic E-state index is -1.13. The fourth-order valence-electron chi connectivity index (χ4n) is 2.68. The first-order valence-electron chi connectivity index (χ1n) is 7.36. The number of nitrogens with one attached hydrogen (secondary N) is 2. The number of carboxylic acids is 1. The molecular formula is C17H16FN3O3. The van der Waals surface area contributed by atoms with Gasteiger partial charge in [-0.15, -0.1) is 0 Å². The molecule has 0 saturated heterocycles. The third kappa shape index (κ3) is 3.01. The highest BCUT2D eigenvalue weighted by atomic mass is 19.1. The van der Waals surface area contributed by atoms with Gasteiger partial charge in [-0.2, -0.15) is 0 Å². The fourth-order valence-corrected chi connectivity index (χ4v) is 2.68. The van der Waals surface area contributed by atoms with Crippen molar-refractivity contribution in [3.8, 4) is 0 Å². The SMILES string of the molecule is Cn1cccc1C(=O)NC(Cc1c[nH]c2cc(F)ccc12)C(=O)O. The number of halogens is 1. The minimum absolute atomic E-state index is 0.0944. The summed E-state index contributed by atoms with van der Waals surface area (Å²) in [5.74, 6) is -1.96. The maximum absolute atomic E-state index is 13.2. The van der Waals surface area contributed by atoms with Crippen molar-refractivity contribution in [3.63, 3.8) is 0 Å². The van der Waals surface area contributed by atoms with E-state index in [-0.39, 0.29) is 12.2 Å². The molecule has 3 rings (SSSR count). The Morgan fingerprint density at radius 1 is 1.38 bits per heavy atom. The van der Waals surface area contributed by atoms with Crippen LogP contribution >= 0.6 is 0 Å². The van der Waals surface area contributed by atoms with E-state index >= 15 is 0 Å². The van der Waals surface area contributed by atoms with Crippen LogP contribution in [0.4, 0.5) is 4.39 Å². The van der Waals surface area contributed by atoms with Crippen molar-refractivity contribution >= 4 is 22.8 Å².